The number of aryl methyl sites for hydroxylation is 1. The molecule has 1 unspecified atom stereocenters. The Morgan fingerprint density at radius 1 is 1.04 bits per heavy atom. The summed E-state index contributed by atoms with van der Waals surface area (Å²) in [6.07, 6.45) is -9.75. The van der Waals surface area contributed by atoms with Crippen LogP contribution in [-0.4, -0.2) is 29.1 Å². The zero-order chi connectivity index (χ0) is 19.9. The minimum Gasteiger partial charge on any atom is -0.298 e. The summed E-state index contributed by atoms with van der Waals surface area (Å²) in [6, 6.07) is 10.7. The molecule has 146 valence electrons. The van der Waals surface area contributed by atoms with Crippen LogP contribution in [0.1, 0.15) is 28.9 Å². The molecular weight excluding hydrogens is 370 g/mol. The van der Waals surface area contributed by atoms with Gasteiger partial charge in [0.25, 0.3) is 0 Å². The monoisotopic (exact) mass is 388 g/mol. The molecule has 2 heterocycles. The fraction of sp³-hybridized carbons (Fsp3) is 0.421. The Morgan fingerprint density at radius 3 is 2.30 bits per heavy atom. The molecule has 1 atom stereocenters. The smallest absolute Gasteiger partial charge is 0.298 e. The highest BCUT2D eigenvalue weighted by Crippen LogP contribution is 2.48. The number of benzene rings is 1. The molecule has 1 fully saturated rings. The zero-order valence-corrected chi connectivity index (χ0v) is 14.5. The Kier molecular flexibility index (Phi) is 4.96. The molecule has 2 nitrogen and oxygen atoms in total. The van der Waals surface area contributed by atoms with Crippen molar-refractivity contribution in [1.29, 1.82) is 0 Å². The van der Waals surface area contributed by atoms with Gasteiger partial charge < -0.3 is 0 Å². The van der Waals surface area contributed by atoms with Crippen LogP contribution in [-0.2, 0) is 18.1 Å². The number of likely N-dealkylation sites (tertiary alicyclic amines) is 1. The first-order valence-corrected chi connectivity index (χ1v) is 8.41. The third-order valence-corrected chi connectivity index (χ3v) is 4.94. The van der Waals surface area contributed by atoms with E-state index < -0.39 is 23.5 Å². The first-order valence-electron chi connectivity index (χ1n) is 8.41. The molecule has 0 bridgehead atoms. The van der Waals surface area contributed by atoms with Gasteiger partial charge in [0, 0.05) is 18.8 Å². The SMILES string of the molecule is Cc1cc(C2(C(F)(F)F)CCN(Cc3ccccc3)C2)cc(C(F)(F)F)n1. The van der Waals surface area contributed by atoms with Crippen molar-refractivity contribution >= 4 is 0 Å². The second-order valence-corrected chi connectivity index (χ2v) is 6.91. The van der Waals surface area contributed by atoms with Gasteiger partial charge in [0.1, 0.15) is 11.1 Å². The fourth-order valence-electron chi connectivity index (χ4n) is 3.59. The summed E-state index contributed by atoms with van der Waals surface area (Å²) in [5, 5.41) is 0. The van der Waals surface area contributed by atoms with Crippen LogP contribution in [0.15, 0.2) is 42.5 Å². The van der Waals surface area contributed by atoms with Crippen molar-refractivity contribution in [3.63, 3.8) is 0 Å². The number of aromatic nitrogens is 1. The quantitative estimate of drug-likeness (QED) is 0.679. The standard InChI is InChI=1S/C19H18F6N2/c1-13-9-15(10-16(26-13)18(20,21)22)17(19(23,24)25)7-8-27(12-17)11-14-5-3-2-4-6-14/h2-6,9-10H,7-8,11-12H2,1H3. The maximum absolute atomic E-state index is 14.0. The maximum atomic E-state index is 14.0. The molecule has 0 amide bonds. The van der Waals surface area contributed by atoms with Crippen molar-refractivity contribution in [2.45, 2.75) is 37.7 Å². The fourth-order valence-corrected chi connectivity index (χ4v) is 3.59. The molecule has 1 aromatic carbocycles. The van der Waals surface area contributed by atoms with E-state index >= 15 is 0 Å². The molecule has 1 aromatic heterocycles. The number of nitrogens with zero attached hydrogens (tertiary/aromatic N) is 2. The predicted octanol–water partition coefficient (Wildman–Crippen LogP) is 5.11. The Bertz CT molecular complexity index is 800. The molecule has 0 radical (unpaired) electrons. The minimum absolute atomic E-state index is 0.0787. The van der Waals surface area contributed by atoms with Gasteiger partial charge in [-0.3, -0.25) is 4.90 Å². The lowest BCUT2D eigenvalue weighted by atomic mass is 9.78. The second kappa shape index (κ2) is 6.82. The molecule has 0 spiro atoms. The Labute approximate surface area is 152 Å². The Hall–Kier alpha value is -2.09. The van der Waals surface area contributed by atoms with Crippen molar-refractivity contribution < 1.29 is 26.3 Å². The highest BCUT2D eigenvalue weighted by molar-refractivity contribution is 5.34. The highest BCUT2D eigenvalue weighted by atomic mass is 19.4. The van der Waals surface area contributed by atoms with E-state index in [9.17, 15) is 26.3 Å². The maximum Gasteiger partial charge on any atom is 0.433 e. The summed E-state index contributed by atoms with van der Waals surface area (Å²) in [7, 11) is 0. The van der Waals surface area contributed by atoms with Crippen LogP contribution in [0.5, 0.6) is 0 Å². The molecule has 8 heteroatoms. The van der Waals surface area contributed by atoms with E-state index in [1.807, 2.05) is 18.2 Å². The highest BCUT2D eigenvalue weighted by Gasteiger charge is 2.59. The number of pyridine rings is 1. The van der Waals surface area contributed by atoms with Gasteiger partial charge in [-0.2, -0.15) is 26.3 Å². The largest absolute Gasteiger partial charge is 0.433 e. The molecule has 0 saturated carbocycles. The van der Waals surface area contributed by atoms with E-state index in [4.69, 9.17) is 0 Å². The van der Waals surface area contributed by atoms with Gasteiger partial charge in [0.2, 0.25) is 0 Å². The third kappa shape index (κ3) is 3.95. The van der Waals surface area contributed by atoms with Crippen LogP contribution in [0.2, 0.25) is 0 Å². The molecule has 0 aliphatic carbocycles. The lowest BCUT2D eigenvalue weighted by molar-refractivity contribution is -0.187. The van der Waals surface area contributed by atoms with E-state index in [1.165, 1.54) is 6.92 Å². The van der Waals surface area contributed by atoms with Crippen molar-refractivity contribution in [3.05, 3.63) is 65.0 Å². The van der Waals surface area contributed by atoms with Gasteiger partial charge in [0.15, 0.2) is 0 Å². The van der Waals surface area contributed by atoms with Crippen molar-refractivity contribution in [3.8, 4) is 0 Å². The molecule has 1 aliphatic rings. The summed E-state index contributed by atoms with van der Waals surface area (Å²) in [4.78, 5) is 5.00. The van der Waals surface area contributed by atoms with Gasteiger partial charge in [-0.15, -0.1) is 0 Å². The van der Waals surface area contributed by atoms with Crippen LogP contribution in [0, 0.1) is 6.92 Å². The van der Waals surface area contributed by atoms with Crippen LogP contribution < -0.4 is 0 Å². The van der Waals surface area contributed by atoms with E-state index in [0.29, 0.717) is 12.6 Å². The minimum atomic E-state index is -4.80. The first-order chi connectivity index (χ1) is 12.5. The average molecular weight is 388 g/mol. The number of hydrogen-bond donors (Lipinski definition) is 0. The summed E-state index contributed by atoms with van der Waals surface area (Å²) in [5.74, 6) is 0. The van der Waals surface area contributed by atoms with Crippen LogP contribution in [0.4, 0.5) is 26.3 Å². The summed E-state index contributed by atoms with van der Waals surface area (Å²) in [6.45, 7) is 1.36. The number of halogens is 6. The molecule has 2 aromatic rings. The lowest BCUT2D eigenvalue weighted by Crippen LogP contribution is -2.45. The molecule has 1 saturated heterocycles. The summed E-state index contributed by atoms with van der Waals surface area (Å²) < 4.78 is 81.3. The summed E-state index contributed by atoms with van der Waals surface area (Å²) in [5.41, 5.74) is -3.22. The Balaban J connectivity index is 1.97. The normalized spacial score (nSPS) is 21.6. The van der Waals surface area contributed by atoms with E-state index in [1.54, 1.807) is 17.0 Å². The first kappa shape index (κ1) is 19.7. The number of hydrogen-bond acceptors (Lipinski definition) is 2. The predicted molar refractivity (Wildman–Crippen MR) is 88.0 cm³/mol. The van der Waals surface area contributed by atoms with Gasteiger partial charge in [-0.05, 0) is 43.1 Å². The average Bonchev–Trinajstić information content (AvgIpc) is 2.99. The van der Waals surface area contributed by atoms with Crippen LogP contribution in [0.3, 0.4) is 0 Å². The molecule has 1 aliphatic heterocycles. The number of rotatable bonds is 3. The van der Waals surface area contributed by atoms with Gasteiger partial charge >= 0.3 is 12.4 Å². The van der Waals surface area contributed by atoms with Gasteiger partial charge in [-0.1, -0.05) is 30.3 Å². The Morgan fingerprint density at radius 2 is 1.70 bits per heavy atom. The zero-order valence-electron chi connectivity index (χ0n) is 14.5. The summed E-state index contributed by atoms with van der Waals surface area (Å²) >= 11 is 0. The molecule has 0 N–H and O–H groups in total. The number of alkyl halides is 6. The van der Waals surface area contributed by atoms with Crippen LogP contribution in [0.25, 0.3) is 0 Å². The van der Waals surface area contributed by atoms with E-state index in [0.717, 1.165) is 11.6 Å². The lowest BCUT2D eigenvalue weighted by Gasteiger charge is -2.33. The third-order valence-electron chi connectivity index (χ3n) is 4.94. The molecule has 3 rings (SSSR count). The van der Waals surface area contributed by atoms with Crippen molar-refractivity contribution in [2.24, 2.45) is 0 Å². The second-order valence-electron chi connectivity index (χ2n) is 6.91. The van der Waals surface area contributed by atoms with Crippen molar-refractivity contribution in [1.82, 2.24) is 9.88 Å². The van der Waals surface area contributed by atoms with Crippen LogP contribution >= 0.6 is 0 Å². The van der Waals surface area contributed by atoms with Crippen molar-refractivity contribution in [2.75, 3.05) is 13.1 Å². The topological polar surface area (TPSA) is 16.1 Å². The van der Waals surface area contributed by atoms with Gasteiger partial charge in [-0.25, -0.2) is 4.98 Å². The molecular formula is C19H18F6N2. The molecule has 27 heavy (non-hydrogen) atoms. The van der Waals surface area contributed by atoms with E-state index in [-0.39, 0.29) is 30.8 Å². The van der Waals surface area contributed by atoms with Gasteiger partial charge in [0.05, 0.1) is 0 Å². The van der Waals surface area contributed by atoms with E-state index in [2.05, 4.69) is 4.98 Å².